The van der Waals surface area contributed by atoms with E-state index >= 15 is 0 Å². The van der Waals surface area contributed by atoms with E-state index < -0.39 is 27.5 Å². The van der Waals surface area contributed by atoms with Crippen molar-refractivity contribution in [2.45, 2.75) is 24.5 Å². The molecule has 4 aromatic rings. The third-order valence-corrected chi connectivity index (χ3v) is 9.13. The summed E-state index contributed by atoms with van der Waals surface area (Å²) in [6.07, 6.45) is 2.03. The minimum atomic E-state index is -3.78. The zero-order valence-electron chi connectivity index (χ0n) is 19.2. The Bertz CT molecular complexity index is 1530. The average Bonchev–Trinajstić information content (AvgIpc) is 3.38. The second-order valence-corrected chi connectivity index (χ2v) is 11.9. The molecule has 0 unspecified atom stereocenters. The molecule has 4 rings (SSSR count). The first-order chi connectivity index (χ1) is 16.1. The molecule has 2 aromatic carbocycles. The number of hydrogen-bond donors (Lipinski definition) is 1. The van der Waals surface area contributed by atoms with Crippen molar-refractivity contribution in [3.05, 3.63) is 87.9 Å². The Morgan fingerprint density at radius 1 is 1.03 bits per heavy atom. The molecule has 0 aliphatic rings. The van der Waals surface area contributed by atoms with Crippen LogP contribution in [0, 0.1) is 31.6 Å². The molecule has 0 radical (unpaired) electrons. The second-order valence-electron chi connectivity index (χ2n) is 8.54. The maximum atomic E-state index is 13.1. The maximum absolute atomic E-state index is 13.1. The molecule has 0 fully saturated rings. The van der Waals surface area contributed by atoms with Gasteiger partial charge >= 0.3 is 5.97 Å². The summed E-state index contributed by atoms with van der Waals surface area (Å²) < 4.78 is 28.2. The first kappa shape index (κ1) is 23.8. The number of aromatic nitrogens is 1. The molecule has 0 bridgehead atoms. The van der Waals surface area contributed by atoms with Crippen LogP contribution in [0.15, 0.2) is 65.0 Å². The summed E-state index contributed by atoms with van der Waals surface area (Å²) in [5.41, 5.74) is 4.88. The highest BCUT2D eigenvalue weighted by Gasteiger charge is 2.29. The fourth-order valence-corrected chi connectivity index (χ4v) is 6.71. The zero-order chi connectivity index (χ0) is 24.5. The first-order valence-corrected chi connectivity index (χ1v) is 13.3. The van der Waals surface area contributed by atoms with Crippen molar-refractivity contribution in [3.8, 4) is 11.8 Å². The van der Waals surface area contributed by atoms with Gasteiger partial charge in [0.05, 0.1) is 16.5 Å². The van der Waals surface area contributed by atoms with Gasteiger partial charge in [0.25, 0.3) is 0 Å². The SMILES string of the molecule is Cc1ccc(C#Cc2ccc(S(=O)(=O)C[C@H](Cc3cn(C)c4ccc(C)cc34)C(=O)O)s2)cc1. The number of carbonyl (C=O) groups is 1. The monoisotopic (exact) mass is 491 g/mol. The van der Waals surface area contributed by atoms with E-state index in [0.29, 0.717) is 4.88 Å². The fourth-order valence-electron chi connectivity index (χ4n) is 3.91. The number of nitrogens with zero attached hydrogens (tertiary/aromatic N) is 1. The Morgan fingerprint density at radius 2 is 1.74 bits per heavy atom. The molecular weight excluding hydrogens is 466 g/mol. The van der Waals surface area contributed by atoms with Gasteiger partial charge < -0.3 is 9.67 Å². The molecule has 0 amide bonds. The van der Waals surface area contributed by atoms with Crippen LogP contribution in [-0.2, 0) is 28.1 Å². The minimum absolute atomic E-state index is 0.140. The molecule has 2 aromatic heterocycles. The summed E-state index contributed by atoms with van der Waals surface area (Å²) in [5, 5.41) is 10.8. The van der Waals surface area contributed by atoms with Crippen LogP contribution in [0.4, 0.5) is 0 Å². The number of fused-ring (bicyclic) bond motifs is 1. The van der Waals surface area contributed by atoms with E-state index in [9.17, 15) is 18.3 Å². The fraction of sp³-hybridized carbons (Fsp3) is 0.222. The molecular formula is C27H25NO4S2. The van der Waals surface area contributed by atoms with Gasteiger partial charge in [-0.1, -0.05) is 41.2 Å². The Hall–Kier alpha value is -3.34. The number of sulfone groups is 1. The zero-order valence-corrected chi connectivity index (χ0v) is 20.8. The Balaban J connectivity index is 1.55. The van der Waals surface area contributed by atoms with Crippen LogP contribution in [0.1, 0.15) is 27.1 Å². The van der Waals surface area contributed by atoms with Crippen LogP contribution in [0.25, 0.3) is 10.9 Å². The van der Waals surface area contributed by atoms with E-state index in [-0.39, 0.29) is 10.6 Å². The summed E-state index contributed by atoms with van der Waals surface area (Å²) in [6, 6.07) is 17.0. The molecule has 0 spiro atoms. The van der Waals surface area contributed by atoms with Gasteiger partial charge in [0.1, 0.15) is 4.21 Å². The van der Waals surface area contributed by atoms with Crippen LogP contribution in [0.5, 0.6) is 0 Å². The highest BCUT2D eigenvalue weighted by Crippen LogP contribution is 2.28. The predicted octanol–water partition coefficient (Wildman–Crippen LogP) is 4.97. The largest absolute Gasteiger partial charge is 0.481 e. The summed E-state index contributed by atoms with van der Waals surface area (Å²) in [7, 11) is -1.88. The third kappa shape index (κ3) is 5.24. The molecule has 1 atom stereocenters. The van der Waals surface area contributed by atoms with Gasteiger partial charge in [-0.05, 0) is 62.2 Å². The maximum Gasteiger partial charge on any atom is 0.307 e. The highest BCUT2D eigenvalue weighted by atomic mass is 32.2. The summed E-state index contributed by atoms with van der Waals surface area (Å²) >= 11 is 1.07. The van der Waals surface area contributed by atoms with E-state index in [1.54, 1.807) is 6.07 Å². The number of aliphatic carboxylic acids is 1. The van der Waals surface area contributed by atoms with Crippen molar-refractivity contribution in [2.24, 2.45) is 13.0 Å². The van der Waals surface area contributed by atoms with Gasteiger partial charge in [-0.25, -0.2) is 8.42 Å². The van der Waals surface area contributed by atoms with Crippen molar-refractivity contribution >= 4 is 38.0 Å². The molecule has 1 N–H and O–H groups in total. The number of rotatable bonds is 6. The van der Waals surface area contributed by atoms with Gasteiger partial charge in [-0.3, -0.25) is 4.79 Å². The molecule has 0 aliphatic heterocycles. The van der Waals surface area contributed by atoms with Crippen LogP contribution in [0.2, 0.25) is 0 Å². The van der Waals surface area contributed by atoms with Crippen molar-refractivity contribution < 1.29 is 18.3 Å². The van der Waals surface area contributed by atoms with E-state index in [4.69, 9.17) is 0 Å². The van der Waals surface area contributed by atoms with Crippen LogP contribution < -0.4 is 0 Å². The smallest absolute Gasteiger partial charge is 0.307 e. The Labute approximate surface area is 203 Å². The molecule has 174 valence electrons. The Morgan fingerprint density at radius 3 is 2.44 bits per heavy atom. The normalized spacial score (nSPS) is 12.3. The van der Waals surface area contributed by atoms with Gasteiger partial charge in [-0.15, -0.1) is 11.3 Å². The molecule has 0 saturated carbocycles. The van der Waals surface area contributed by atoms with Gasteiger partial charge in [0, 0.05) is 29.7 Å². The van der Waals surface area contributed by atoms with Crippen LogP contribution in [-0.4, -0.2) is 29.8 Å². The van der Waals surface area contributed by atoms with Gasteiger partial charge in [-0.2, -0.15) is 0 Å². The lowest BCUT2D eigenvalue weighted by molar-refractivity contribution is -0.140. The summed E-state index contributed by atoms with van der Waals surface area (Å²) in [5.74, 6) is 3.40. The van der Waals surface area contributed by atoms with E-state index in [2.05, 4.69) is 11.8 Å². The lowest BCUT2D eigenvalue weighted by Crippen LogP contribution is -2.25. The molecule has 5 nitrogen and oxygen atoms in total. The lowest BCUT2D eigenvalue weighted by atomic mass is 10.00. The van der Waals surface area contributed by atoms with E-state index in [1.807, 2.05) is 74.1 Å². The number of aryl methyl sites for hydroxylation is 3. The average molecular weight is 492 g/mol. The number of carboxylic acid groups (broad SMARTS) is 1. The van der Waals surface area contributed by atoms with Crippen molar-refractivity contribution in [3.63, 3.8) is 0 Å². The number of hydrogen-bond acceptors (Lipinski definition) is 4. The van der Waals surface area contributed by atoms with Gasteiger partial charge in [0.2, 0.25) is 0 Å². The van der Waals surface area contributed by atoms with Crippen LogP contribution in [0.3, 0.4) is 0 Å². The van der Waals surface area contributed by atoms with Crippen LogP contribution >= 0.6 is 11.3 Å². The van der Waals surface area contributed by atoms with E-state index in [0.717, 1.165) is 44.5 Å². The highest BCUT2D eigenvalue weighted by molar-refractivity contribution is 7.93. The quantitative estimate of drug-likeness (QED) is 0.386. The topological polar surface area (TPSA) is 76.4 Å². The molecule has 2 heterocycles. The number of carboxylic acids is 1. The Kier molecular flexibility index (Phi) is 6.65. The predicted molar refractivity (Wildman–Crippen MR) is 136 cm³/mol. The first-order valence-electron chi connectivity index (χ1n) is 10.8. The molecule has 34 heavy (non-hydrogen) atoms. The van der Waals surface area contributed by atoms with Crippen molar-refractivity contribution in [1.29, 1.82) is 0 Å². The van der Waals surface area contributed by atoms with Crippen molar-refractivity contribution in [1.82, 2.24) is 4.57 Å². The third-order valence-electron chi connectivity index (χ3n) is 5.73. The molecule has 0 saturated heterocycles. The lowest BCUT2D eigenvalue weighted by Gasteiger charge is -2.12. The second kappa shape index (κ2) is 9.49. The number of thiophene rings is 1. The summed E-state index contributed by atoms with van der Waals surface area (Å²) in [4.78, 5) is 12.6. The molecule has 0 aliphatic carbocycles. The minimum Gasteiger partial charge on any atom is -0.481 e. The molecule has 7 heteroatoms. The van der Waals surface area contributed by atoms with E-state index in [1.165, 1.54) is 6.07 Å². The standard InChI is InChI=1S/C27H25NO4S2/c1-18-4-7-20(8-5-18)9-10-23-11-13-26(33-23)34(31,32)17-22(27(29)30)15-21-16-28(3)25-12-6-19(2)14-24(21)25/h4-8,11-14,16,22H,15,17H2,1-3H3,(H,29,30)/t22-/m0/s1. The van der Waals surface area contributed by atoms with Gasteiger partial charge in [0.15, 0.2) is 9.84 Å². The van der Waals surface area contributed by atoms with Crippen molar-refractivity contribution in [2.75, 3.05) is 5.75 Å². The number of benzene rings is 2. The summed E-state index contributed by atoms with van der Waals surface area (Å²) in [6.45, 7) is 3.98.